The molecule has 0 saturated heterocycles. The summed E-state index contributed by atoms with van der Waals surface area (Å²) < 4.78 is 7.21. The van der Waals surface area contributed by atoms with E-state index in [0.717, 1.165) is 11.3 Å². The van der Waals surface area contributed by atoms with Crippen LogP contribution in [0.4, 0.5) is 5.82 Å². The molecule has 1 N–H and O–H groups in total. The number of hydrogen-bond donors (Lipinski definition) is 1. The van der Waals surface area contributed by atoms with Crippen LogP contribution in [-0.2, 0) is 18.3 Å². The Kier molecular flexibility index (Phi) is 4.18. The lowest BCUT2D eigenvalue weighted by atomic mass is 10.2. The first-order chi connectivity index (χ1) is 11.1. The van der Waals surface area contributed by atoms with Crippen molar-refractivity contribution < 1.29 is 9.21 Å². The third kappa shape index (κ3) is 3.63. The molecule has 23 heavy (non-hydrogen) atoms. The van der Waals surface area contributed by atoms with Gasteiger partial charge < -0.3 is 9.73 Å². The first-order valence-corrected chi connectivity index (χ1v) is 7.30. The van der Waals surface area contributed by atoms with Crippen molar-refractivity contribution in [1.29, 1.82) is 0 Å². The molecule has 0 spiro atoms. The van der Waals surface area contributed by atoms with Gasteiger partial charge >= 0.3 is 0 Å². The number of amides is 1. The van der Waals surface area contributed by atoms with E-state index in [1.807, 2.05) is 43.3 Å². The number of carbonyl (C=O) groups excluding carboxylic acids is 1. The van der Waals surface area contributed by atoms with Crippen molar-refractivity contribution in [1.82, 2.24) is 20.0 Å². The summed E-state index contributed by atoms with van der Waals surface area (Å²) in [7, 11) is 1.78. The molecule has 0 aliphatic heterocycles. The molecule has 0 radical (unpaired) electrons. The van der Waals surface area contributed by atoms with Crippen molar-refractivity contribution in [2.45, 2.75) is 19.8 Å². The van der Waals surface area contributed by atoms with E-state index >= 15 is 0 Å². The highest BCUT2D eigenvalue weighted by Gasteiger charge is 2.11. The highest BCUT2D eigenvalue weighted by atomic mass is 16.4. The van der Waals surface area contributed by atoms with Gasteiger partial charge in [-0.1, -0.05) is 18.2 Å². The fraction of sp³-hybridized carbons (Fsp3) is 0.250. The van der Waals surface area contributed by atoms with Crippen LogP contribution in [0.1, 0.15) is 18.0 Å². The maximum Gasteiger partial charge on any atom is 0.247 e. The normalized spacial score (nSPS) is 10.7. The topological polar surface area (TPSA) is 85.8 Å². The van der Waals surface area contributed by atoms with Crippen LogP contribution >= 0.6 is 0 Å². The third-order valence-corrected chi connectivity index (χ3v) is 3.32. The molecule has 7 nitrogen and oxygen atoms in total. The molecule has 0 bridgehead atoms. The van der Waals surface area contributed by atoms with Crippen LogP contribution in [-0.4, -0.2) is 25.9 Å². The highest BCUT2D eigenvalue weighted by molar-refractivity contribution is 5.89. The third-order valence-electron chi connectivity index (χ3n) is 3.32. The van der Waals surface area contributed by atoms with E-state index < -0.39 is 0 Å². The van der Waals surface area contributed by atoms with Gasteiger partial charge in [0.2, 0.25) is 17.7 Å². The number of aryl methyl sites for hydroxylation is 3. The van der Waals surface area contributed by atoms with Crippen LogP contribution in [0.2, 0.25) is 0 Å². The monoisotopic (exact) mass is 311 g/mol. The molecule has 7 heteroatoms. The van der Waals surface area contributed by atoms with Gasteiger partial charge in [-0.05, 0) is 19.1 Å². The van der Waals surface area contributed by atoms with Crippen LogP contribution in [0.3, 0.4) is 0 Å². The Balaban J connectivity index is 1.57. The van der Waals surface area contributed by atoms with Crippen molar-refractivity contribution in [3.8, 4) is 11.5 Å². The number of anilines is 1. The molecule has 3 rings (SSSR count). The number of benzene rings is 1. The van der Waals surface area contributed by atoms with Gasteiger partial charge in [-0.25, -0.2) is 0 Å². The van der Waals surface area contributed by atoms with Crippen LogP contribution in [0.25, 0.3) is 11.5 Å². The minimum absolute atomic E-state index is 0.118. The first kappa shape index (κ1) is 15.0. The number of nitrogens with zero attached hydrogens (tertiary/aromatic N) is 4. The number of carbonyl (C=O) groups is 1. The molecule has 0 fully saturated rings. The van der Waals surface area contributed by atoms with Gasteiger partial charge in [-0.15, -0.1) is 10.2 Å². The van der Waals surface area contributed by atoms with E-state index in [2.05, 4.69) is 20.6 Å². The largest absolute Gasteiger partial charge is 0.421 e. The summed E-state index contributed by atoms with van der Waals surface area (Å²) in [4.78, 5) is 12.0. The number of nitrogens with one attached hydrogen (secondary N) is 1. The van der Waals surface area contributed by atoms with Crippen LogP contribution in [0.15, 0.2) is 40.8 Å². The lowest BCUT2D eigenvalue weighted by Crippen LogP contribution is -2.14. The Hall–Kier alpha value is -2.96. The molecule has 2 aromatic heterocycles. The average Bonchev–Trinajstić information content (AvgIpc) is 3.13. The molecule has 0 saturated carbocycles. The zero-order valence-corrected chi connectivity index (χ0v) is 13.0. The Bertz CT molecular complexity index is 807. The Morgan fingerprint density at radius 1 is 1.26 bits per heavy atom. The van der Waals surface area contributed by atoms with Gasteiger partial charge in [0.15, 0.2) is 0 Å². The second-order valence-corrected chi connectivity index (χ2v) is 5.21. The van der Waals surface area contributed by atoms with E-state index in [4.69, 9.17) is 4.42 Å². The first-order valence-electron chi connectivity index (χ1n) is 7.30. The zero-order chi connectivity index (χ0) is 16.2. The lowest BCUT2D eigenvalue weighted by Gasteiger charge is -2.03. The van der Waals surface area contributed by atoms with Crippen LogP contribution in [0.5, 0.6) is 0 Å². The Morgan fingerprint density at radius 3 is 2.74 bits per heavy atom. The molecule has 0 atom stereocenters. The second kappa shape index (κ2) is 6.43. The predicted octanol–water partition coefficient (Wildman–Crippen LogP) is 2.35. The van der Waals surface area contributed by atoms with Crippen molar-refractivity contribution in [3.63, 3.8) is 0 Å². The summed E-state index contributed by atoms with van der Waals surface area (Å²) in [5.41, 5.74) is 1.72. The molecule has 0 aliphatic carbocycles. The van der Waals surface area contributed by atoms with Crippen molar-refractivity contribution in [2.24, 2.45) is 7.05 Å². The molecular weight excluding hydrogens is 294 g/mol. The number of aromatic nitrogens is 4. The van der Waals surface area contributed by atoms with Crippen molar-refractivity contribution in [3.05, 3.63) is 48.0 Å². The lowest BCUT2D eigenvalue weighted by molar-refractivity contribution is -0.116. The van der Waals surface area contributed by atoms with Gasteiger partial charge in [-0.2, -0.15) is 5.10 Å². The van der Waals surface area contributed by atoms with Crippen molar-refractivity contribution >= 4 is 11.7 Å². The average molecular weight is 311 g/mol. The fourth-order valence-electron chi connectivity index (χ4n) is 2.21. The van der Waals surface area contributed by atoms with Gasteiger partial charge in [0, 0.05) is 31.5 Å². The van der Waals surface area contributed by atoms with Crippen molar-refractivity contribution in [2.75, 3.05) is 5.32 Å². The SMILES string of the molecule is Cc1cc(NC(=O)CCc2nnc(-c3ccccc3)o2)n(C)n1. The minimum Gasteiger partial charge on any atom is -0.421 e. The molecule has 1 aromatic carbocycles. The quantitative estimate of drug-likeness (QED) is 0.781. The van der Waals surface area contributed by atoms with E-state index in [9.17, 15) is 4.79 Å². The van der Waals surface area contributed by atoms with Gasteiger partial charge in [0.1, 0.15) is 5.82 Å². The highest BCUT2D eigenvalue weighted by Crippen LogP contribution is 2.17. The van der Waals surface area contributed by atoms with E-state index in [1.165, 1.54) is 0 Å². The smallest absolute Gasteiger partial charge is 0.247 e. The fourth-order valence-corrected chi connectivity index (χ4v) is 2.21. The van der Waals surface area contributed by atoms with Gasteiger partial charge in [0.05, 0.1) is 5.69 Å². The molecule has 2 heterocycles. The number of hydrogen-bond acceptors (Lipinski definition) is 5. The van der Waals surface area contributed by atoms with Crippen LogP contribution < -0.4 is 5.32 Å². The molecule has 3 aromatic rings. The van der Waals surface area contributed by atoms with Gasteiger partial charge in [-0.3, -0.25) is 9.48 Å². The molecule has 0 aliphatic rings. The molecule has 118 valence electrons. The summed E-state index contributed by atoms with van der Waals surface area (Å²) in [6.07, 6.45) is 0.656. The minimum atomic E-state index is -0.118. The summed E-state index contributed by atoms with van der Waals surface area (Å²) in [5.74, 6) is 1.46. The van der Waals surface area contributed by atoms with E-state index in [1.54, 1.807) is 11.7 Å². The van der Waals surface area contributed by atoms with E-state index in [-0.39, 0.29) is 12.3 Å². The maximum atomic E-state index is 12.0. The van der Waals surface area contributed by atoms with Crippen LogP contribution in [0, 0.1) is 6.92 Å². The predicted molar refractivity (Wildman–Crippen MR) is 84.6 cm³/mol. The van der Waals surface area contributed by atoms with E-state index in [0.29, 0.717) is 24.0 Å². The zero-order valence-electron chi connectivity index (χ0n) is 13.0. The summed E-state index contributed by atoms with van der Waals surface area (Å²) in [6, 6.07) is 11.3. The number of rotatable bonds is 5. The molecular formula is C16H17N5O2. The standard InChI is InChI=1S/C16H17N5O2/c1-11-10-13(21(2)20-11)17-14(22)8-9-15-18-19-16(23-15)12-6-4-3-5-7-12/h3-7,10H,8-9H2,1-2H3,(H,17,22). The summed E-state index contributed by atoms with van der Waals surface area (Å²) >= 11 is 0. The Morgan fingerprint density at radius 2 is 2.04 bits per heavy atom. The maximum absolute atomic E-state index is 12.0. The van der Waals surface area contributed by atoms with Gasteiger partial charge in [0.25, 0.3) is 0 Å². The molecule has 1 amide bonds. The Labute approximate surface area is 133 Å². The summed E-state index contributed by atoms with van der Waals surface area (Å²) in [5, 5.41) is 15.0. The summed E-state index contributed by atoms with van der Waals surface area (Å²) in [6.45, 7) is 1.87. The molecule has 0 unspecified atom stereocenters. The second-order valence-electron chi connectivity index (χ2n) is 5.21.